The van der Waals surface area contributed by atoms with Gasteiger partial charge in [0, 0.05) is 12.3 Å². The van der Waals surface area contributed by atoms with Crippen LogP contribution in [0.5, 0.6) is 0 Å². The Morgan fingerprint density at radius 2 is 1.63 bits per heavy atom. The number of amides is 1. The van der Waals surface area contributed by atoms with E-state index in [0.717, 1.165) is 21.8 Å². The molecule has 8 nitrogen and oxygen atoms in total. The van der Waals surface area contributed by atoms with Crippen LogP contribution in [-0.4, -0.2) is 28.0 Å². The Labute approximate surface area is 172 Å². The van der Waals surface area contributed by atoms with Gasteiger partial charge in [-0.05, 0) is 17.5 Å². The van der Waals surface area contributed by atoms with Gasteiger partial charge in [0.1, 0.15) is 6.54 Å². The molecule has 3 aromatic rings. The monoisotopic (exact) mass is 407 g/mol. The van der Waals surface area contributed by atoms with Crippen molar-refractivity contribution in [2.45, 2.75) is 19.0 Å². The smallest absolute Gasteiger partial charge is 0.328 e. The predicted octanol–water partition coefficient (Wildman–Crippen LogP) is 1.18. The van der Waals surface area contributed by atoms with Crippen LogP contribution in [0.25, 0.3) is 0 Å². The summed E-state index contributed by atoms with van der Waals surface area (Å²) in [5, 5.41) is 2.89. The summed E-state index contributed by atoms with van der Waals surface area (Å²) in [5.74, 6) is -1.22. The Kier molecular flexibility index (Phi) is 6.94. The van der Waals surface area contributed by atoms with Gasteiger partial charge in [0.15, 0.2) is 6.61 Å². The molecule has 0 aliphatic carbocycles. The van der Waals surface area contributed by atoms with Crippen LogP contribution in [0.2, 0.25) is 0 Å². The largest absolute Gasteiger partial charge is 0.454 e. The SMILES string of the molecule is O=C(COC(=O)Cn1ccc(=O)[nH]c1=O)N[C@@H](Cc1ccccc1)c1ccccc1. The second-order valence-corrected chi connectivity index (χ2v) is 6.62. The number of nitrogens with one attached hydrogen (secondary N) is 2. The van der Waals surface area contributed by atoms with Gasteiger partial charge in [0.25, 0.3) is 11.5 Å². The number of carbonyl (C=O) groups excluding carboxylic acids is 2. The highest BCUT2D eigenvalue weighted by molar-refractivity contribution is 5.80. The average Bonchev–Trinajstić information content (AvgIpc) is 2.75. The minimum Gasteiger partial charge on any atom is -0.454 e. The molecule has 154 valence electrons. The zero-order valence-corrected chi connectivity index (χ0v) is 16.1. The summed E-state index contributed by atoms with van der Waals surface area (Å²) < 4.78 is 5.97. The number of rotatable bonds is 8. The van der Waals surface area contributed by atoms with E-state index in [1.165, 1.54) is 6.20 Å². The molecule has 30 heavy (non-hydrogen) atoms. The van der Waals surface area contributed by atoms with E-state index >= 15 is 0 Å². The second kappa shape index (κ2) is 10.0. The lowest BCUT2D eigenvalue weighted by molar-refractivity contribution is -0.149. The van der Waals surface area contributed by atoms with E-state index in [-0.39, 0.29) is 6.04 Å². The van der Waals surface area contributed by atoms with Crippen LogP contribution in [0, 0.1) is 0 Å². The summed E-state index contributed by atoms with van der Waals surface area (Å²) in [6.45, 7) is -0.885. The number of aromatic nitrogens is 2. The van der Waals surface area contributed by atoms with Crippen molar-refractivity contribution in [1.82, 2.24) is 14.9 Å². The lowest BCUT2D eigenvalue weighted by Gasteiger charge is -2.19. The third-order valence-electron chi connectivity index (χ3n) is 4.38. The van der Waals surface area contributed by atoms with Crippen molar-refractivity contribution in [3.63, 3.8) is 0 Å². The Morgan fingerprint density at radius 1 is 0.967 bits per heavy atom. The van der Waals surface area contributed by atoms with Gasteiger partial charge in [0.2, 0.25) is 0 Å². The maximum absolute atomic E-state index is 12.4. The zero-order valence-electron chi connectivity index (χ0n) is 16.1. The highest BCUT2D eigenvalue weighted by Gasteiger charge is 2.17. The molecule has 2 aromatic carbocycles. The first-order valence-electron chi connectivity index (χ1n) is 9.35. The lowest BCUT2D eigenvalue weighted by atomic mass is 9.99. The molecule has 0 bridgehead atoms. The number of ether oxygens (including phenoxy) is 1. The molecule has 8 heteroatoms. The average molecular weight is 407 g/mol. The molecule has 0 saturated heterocycles. The summed E-state index contributed by atoms with van der Waals surface area (Å²) in [5.41, 5.74) is 0.701. The fourth-order valence-electron chi connectivity index (χ4n) is 2.92. The van der Waals surface area contributed by atoms with Crippen molar-refractivity contribution in [2.75, 3.05) is 6.61 Å². The first-order valence-corrected chi connectivity index (χ1v) is 9.35. The molecule has 1 aromatic heterocycles. The zero-order chi connectivity index (χ0) is 21.3. The number of hydrogen-bond acceptors (Lipinski definition) is 5. The van der Waals surface area contributed by atoms with Gasteiger partial charge < -0.3 is 10.1 Å². The topological polar surface area (TPSA) is 110 Å². The Balaban J connectivity index is 1.59. The molecule has 0 unspecified atom stereocenters. The van der Waals surface area contributed by atoms with Crippen LogP contribution < -0.4 is 16.6 Å². The van der Waals surface area contributed by atoms with Crippen LogP contribution >= 0.6 is 0 Å². The number of esters is 1. The molecule has 3 rings (SSSR count). The maximum Gasteiger partial charge on any atom is 0.328 e. The van der Waals surface area contributed by atoms with E-state index in [9.17, 15) is 19.2 Å². The van der Waals surface area contributed by atoms with E-state index in [2.05, 4.69) is 5.32 Å². The number of carbonyl (C=O) groups is 2. The standard InChI is InChI=1S/C22H21N3O5/c26-19-11-12-25(22(29)24-19)14-21(28)30-15-20(27)23-18(17-9-5-2-6-10-17)13-16-7-3-1-4-8-16/h1-12,18H,13-15H2,(H,23,27)(H,24,26,29)/t18-/m0/s1. The molecular formula is C22H21N3O5. The first kappa shape index (κ1) is 20.8. The molecule has 0 fully saturated rings. The molecule has 1 amide bonds. The molecule has 2 N–H and O–H groups in total. The number of nitrogens with zero attached hydrogens (tertiary/aromatic N) is 1. The fourth-order valence-corrected chi connectivity index (χ4v) is 2.92. The molecule has 1 atom stereocenters. The van der Waals surface area contributed by atoms with Crippen molar-refractivity contribution < 1.29 is 14.3 Å². The molecule has 1 heterocycles. The summed E-state index contributed by atoms with van der Waals surface area (Å²) in [6.07, 6.45) is 1.77. The van der Waals surface area contributed by atoms with Gasteiger partial charge in [-0.2, -0.15) is 0 Å². The van der Waals surface area contributed by atoms with Crippen LogP contribution in [-0.2, 0) is 27.3 Å². The van der Waals surface area contributed by atoms with Crippen LogP contribution in [0.1, 0.15) is 17.2 Å². The van der Waals surface area contributed by atoms with E-state index in [1.54, 1.807) is 0 Å². The van der Waals surface area contributed by atoms with Gasteiger partial charge in [0.05, 0.1) is 6.04 Å². The predicted molar refractivity (Wildman–Crippen MR) is 110 cm³/mol. The number of aromatic amines is 1. The highest BCUT2D eigenvalue weighted by Crippen LogP contribution is 2.18. The Bertz CT molecular complexity index is 1110. The van der Waals surface area contributed by atoms with E-state index in [1.807, 2.05) is 65.6 Å². The van der Waals surface area contributed by atoms with Crippen molar-refractivity contribution in [3.05, 3.63) is 105 Å². The van der Waals surface area contributed by atoms with Gasteiger partial charge in [-0.25, -0.2) is 4.79 Å². The molecule has 0 spiro atoms. The van der Waals surface area contributed by atoms with E-state index in [0.29, 0.717) is 6.42 Å². The number of H-pyrrole nitrogens is 1. The first-order chi connectivity index (χ1) is 14.5. The summed E-state index contributed by atoms with van der Waals surface area (Å²) >= 11 is 0. The molecule has 0 saturated carbocycles. The highest BCUT2D eigenvalue weighted by atomic mass is 16.5. The molecule has 0 radical (unpaired) electrons. The van der Waals surface area contributed by atoms with Gasteiger partial charge in [-0.1, -0.05) is 60.7 Å². The number of benzene rings is 2. The Morgan fingerprint density at radius 3 is 2.30 bits per heavy atom. The third-order valence-corrected chi connectivity index (χ3v) is 4.38. The minimum absolute atomic E-state index is 0.290. The molecular weight excluding hydrogens is 386 g/mol. The van der Waals surface area contributed by atoms with Gasteiger partial charge >= 0.3 is 11.7 Å². The lowest BCUT2D eigenvalue weighted by Crippen LogP contribution is -2.35. The van der Waals surface area contributed by atoms with Crippen LogP contribution in [0.3, 0.4) is 0 Å². The third kappa shape index (κ3) is 6.03. The molecule has 0 aliphatic rings. The fraction of sp³-hybridized carbons (Fsp3) is 0.182. The van der Waals surface area contributed by atoms with E-state index in [4.69, 9.17) is 4.74 Å². The number of hydrogen-bond donors (Lipinski definition) is 2. The quantitative estimate of drug-likeness (QED) is 0.545. The summed E-state index contributed by atoms with van der Waals surface area (Å²) in [4.78, 5) is 49.0. The Hall–Kier alpha value is -3.94. The normalized spacial score (nSPS) is 11.5. The van der Waals surface area contributed by atoms with Crippen LogP contribution in [0.15, 0.2) is 82.5 Å². The van der Waals surface area contributed by atoms with Crippen molar-refractivity contribution >= 4 is 11.9 Å². The van der Waals surface area contributed by atoms with Gasteiger partial charge in [-0.15, -0.1) is 0 Å². The second-order valence-electron chi connectivity index (χ2n) is 6.62. The minimum atomic E-state index is -0.765. The summed E-state index contributed by atoms with van der Waals surface area (Å²) in [6, 6.07) is 20.1. The van der Waals surface area contributed by atoms with Crippen LogP contribution in [0.4, 0.5) is 0 Å². The van der Waals surface area contributed by atoms with Crippen molar-refractivity contribution in [1.29, 1.82) is 0 Å². The summed E-state index contributed by atoms with van der Waals surface area (Å²) in [7, 11) is 0. The van der Waals surface area contributed by atoms with Gasteiger partial charge in [-0.3, -0.25) is 23.9 Å². The van der Waals surface area contributed by atoms with E-state index < -0.39 is 36.3 Å². The molecule has 0 aliphatic heterocycles. The van der Waals surface area contributed by atoms with Crippen molar-refractivity contribution in [3.8, 4) is 0 Å². The maximum atomic E-state index is 12.4. The van der Waals surface area contributed by atoms with Crippen molar-refractivity contribution in [2.24, 2.45) is 0 Å².